The Morgan fingerprint density at radius 2 is 1.94 bits per heavy atom. The molecule has 1 fully saturated rings. The Balaban J connectivity index is 2.35. The molecule has 2 rings (SSSR count). The van der Waals surface area contributed by atoms with E-state index in [0.29, 0.717) is 5.56 Å². The van der Waals surface area contributed by atoms with E-state index in [2.05, 4.69) is 9.88 Å². The van der Waals surface area contributed by atoms with Crippen molar-refractivity contribution in [3.8, 4) is 0 Å². The maximum absolute atomic E-state index is 11.2. The maximum Gasteiger partial charge on any atom is 0.335 e. The number of nitrogens with zero attached hydrogens (tertiary/aromatic N) is 2. The summed E-state index contributed by atoms with van der Waals surface area (Å²) < 4.78 is 0. The van der Waals surface area contributed by atoms with Crippen LogP contribution in [0.3, 0.4) is 0 Å². The Kier molecular flexibility index (Phi) is 3.84. The van der Waals surface area contributed by atoms with Crippen molar-refractivity contribution >= 4 is 11.8 Å². The van der Waals surface area contributed by atoms with E-state index in [-0.39, 0.29) is 5.92 Å². The highest BCUT2D eigenvalue weighted by Gasteiger charge is 2.16. The zero-order valence-corrected chi connectivity index (χ0v) is 11.0. The average molecular weight is 248 g/mol. The summed E-state index contributed by atoms with van der Waals surface area (Å²) in [5.41, 5.74) is 1.20. The quantitative estimate of drug-likeness (QED) is 0.893. The molecular weight excluding hydrogens is 228 g/mol. The van der Waals surface area contributed by atoms with Crippen molar-refractivity contribution in [2.75, 3.05) is 18.0 Å². The third kappa shape index (κ3) is 2.81. The van der Waals surface area contributed by atoms with Crippen LogP contribution in [0.2, 0.25) is 0 Å². The molecule has 1 N–H and O–H groups in total. The van der Waals surface area contributed by atoms with Crippen molar-refractivity contribution in [3.63, 3.8) is 0 Å². The van der Waals surface area contributed by atoms with Gasteiger partial charge in [0, 0.05) is 18.8 Å². The van der Waals surface area contributed by atoms with Crippen LogP contribution in [0.4, 0.5) is 5.82 Å². The molecule has 0 radical (unpaired) electrons. The van der Waals surface area contributed by atoms with Gasteiger partial charge in [-0.05, 0) is 37.3 Å². The molecule has 1 aliphatic heterocycles. The highest BCUT2D eigenvalue weighted by atomic mass is 16.4. The van der Waals surface area contributed by atoms with Crippen LogP contribution in [0.25, 0.3) is 0 Å². The lowest BCUT2D eigenvalue weighted by atomic mass is 10.1. The van der Waals surface area contributed by atoms with Gasteiger partial charge in [0.05, 0.1) is 5.56 Å². The monoisotopic (exact) mass is 248 g/mol. The fourth-order valence-corrected chi connectivity index (χ4v) is 2.24. The molecule has 0 amide bonds. The number of rotatable bonds is 3. The summed E-state index contributed by atoms with van der Waals surface area (Å²) >= 11 is 0. The van der Waals surface area contributed by atoms with Crippen LogP contribution in [-0.2, 0) is 0 Å². The van der Waals surface area contributed by atoms with E-state index in [0.717, 1.165) is 37.4 Å². The molecule has 0 atom stereocenters. The molecule has 0 aromatic carbocycles. The number of aromatic nitrogens is 1. The minimum Gasteiger partial charge on any atom is -0.478 e. The van der Waals surface area contributed by atoms with Crippen molar-refractivity contribution in [2.45, 2.75) is 39.0 Å². The summed E-state index contributed by atoms with van der Waals surface area (Å²) in [6.45, 7) is 6.03. The van der Waals surface area contributed by atoms with E-state index in [4.69, 9.17) is 5.11 Å². The van der Waals surface area contributed by atoms with E-state index in [9.17, 15) is 4.79 Å². The molecule has 0 saturated carbocycles. The van der Waals surface area contributed by atoms with E-state index in [1.54, 1.807) is 12.1 Å². The molecule has 1 aliphatic rings. The van der Waals surface area contributed by atoms with Gasteiger partial charge >= 0.3 is 5.97 Å². The van der Waals surface area contributed by atoms with Crippen molar-refractivity contribution in [1.82, 2.24) is 4.98 Å². The van der Waals surface area contributed by atoms with Crippen molar-refractivity contribution in [2.24, 2.45) is 0 Å². The van der Waals surface area contributed by atoms with Crippen LogP contribution in [0.1, 0.15) is 55.1 Å². The number of carboxylic acids is 1. The van der Waals surface area contributed by atoms with Crippen LogP contribution in [0.5, 0.6) is 0 Å². The topological polar surface area (TPSA) is 53.4 Å². The number of pyridine rings is 1. The average Bonchev–Trinajstić information content (AvgIpc) is 2.39. The number of hydrogen-bond acceptors (Lipinski definition) is 3. The molecule has 98 valence electrons. The maximum atomic E-state index is 11.2. The molecule has 1 saturated heterocycles. The summed E-state index contributed by atoms with van der Waals surface area (Å²) in [6.07, 6.45) is 3.58. The van der Waals surface area contributed by atoms with E-state index in [1.807, 2.05) is 13.8 Å². The normalized spacial score (nSPS) is 16.1. The van der Waals surface area contributed by atoms with Gasteiger partial charge in [-0.3, -0.25) is 0 Å². The molecule has 1 aromatic heterocycles. The summed E-state index contributed by atoms with van der Waals surface area (Å²) in [5.74, 6) is 0.184. The smallest absolute Gasteiger partial charge is 0.335 e. The van der Waals surface area contributed by atoms with E-state index >= 15 is 0 Å². The Bertz CT molecular complexity index is 437. The molecule has 2 heterocycles. The van der Waals surface area contributed by atoms with E-state index in [1.165, 1.54) is 6.42 Å². The SMILES string of the molecule is CC(C)c1cc(C(=O)O)cc(N2CCCCC2)n1. The highest BCUT2D eigenvalue weighted by molar-refractivity contribution is 5.88. The number of hydrogen-bond donors (Lipinski definition) is 1. The Morgan fingerprint density at radius 1 is 1.28 bits per heavy atom. The lowest BCUT2D eigenvalue weighted by molar-refractivity contribution is 0.0696. The van der Waals surface area contributed by atoms with E-state index < -0.39 is 5.97 Å². The van der Waals surface area contributed by atoms with Gasteiger partial charge < -0.3 is 10.0 Å². The Hall–Kier alpha value is -1.58. The Labute approximate surface area is 108 Å². The molecule has 4 nitrogen and oxygen atoms in total. The lowest BCUT2D eigenvalue weighted by Gasteiger charge is -2.28. The van der Waals surface area contributed by atoms with Gasteiger partial charge in [0.2, 0.25) is 0 Å². The number of piperidine rings is 1. The van der Waals surface area contributed by atoms with Gasteiger partial charge in [0.1, 0.15) is 5.82 Å². The van der Waals surface area contributed by atoms with Crippen LogP contribution in [0, 0.1) is 0 Å². The number of aromatic carboxylic acids is 1. The van der Waals surface area contributed by atoms with Crippen molar-refractivity contribution in [1.29, 1.82) is 0 Å². The summed E-state index contributed by atoms with van der Waals surface area (Å²) in [4.78, 5) is 18.0. The Morgan fingerprint density at radius 3 is 2.50 bits per heavy atom. The first-order valence-corrected chi connectivity index (χ1v) is 6.58. The van der Waals surface area contributed by atoms with Crippen molar-refractivity contribution in [3.05, 3.63) is 23.4 Å². The largest absolute Gasteiger partial charge is 0.478 e. The third-order valence-electron chi connectivity index (χ3n) is 3.35. The van der Waals surface area contributed by atoms with Crippen LogP contribution in [0.15, 0.2) is 12.1 Å². The van der Waals surface area contributed by atoms with Gasteiger partial charge in [-0.1, -0.05) is 13.8 Å². The second-order valence-corrected chi connectivity index (χ2v) is 5.15. The first-order chi connectivity index (χ1) is 8.58. The van der Waals surface area contributed by atoms with Gasteiger partial charge in [0.15, 0.2) is 0 Å². The predicted molar refractivity (Wildman–Crippen MR) is 71.3 cm³/mol. The van der Waals surface area contributed by atoms with Crippen molar-refractivity contribution < 1.29 is 9.90 Å². The molecule has 0 spiro atoms. The second kappa shape index (κ2) is 5.38. The summed E-state index contributed by atoms with van der Waals surface area (Å²) in [5, 5.41) is 9.17. The fraction of sp³-hybridized carbons (Fsp3) is 0.571. The molecular formula is C14H20N2O2. The molecule has 18 heavy (non-hydrogen) atoms. The molecule has 1 aromatic rings. The standard InChI is InChI=1S/C14H20N2O2/c1-10(2)12-8-11(14(17)18)9-13(15-12)16-6-4-3-5-7-16/h8-10H,3-7H2,1-2H3,(H,17,18). The molecule has 0 aliphatic carbocycles. The zero-order chi connectivity index (χ0) is 13.1. The number of anilines is 1. The van der Waals surface area contributed by atoms with Gasteiger partial charge in [0.25, 0.3) is 0 Å². The minimum absolute atomic E-state index is 0.243. The molecule has 0 bridgehead atoms. The number of carbonyl (C=O) groups is 1. The fourth-order valence-electron chi connectivity index (χ4n) is 2.24. The highest BCUT2D eigenvalue weighted by Crippen LogP contribution is 2.23. The van der Waals surface area contributed by atoms with Gasteiger partial charge in [-0.15, -0.1) is 0 Å². The van der Waals surface area contributed by atoms with Gasteiger partial charge in [-0.2, -0.15) is 0 Å². The number of carboxylic acid groups (broad SMARTS) is 1. The first kappa shape index (κ1) is 12.9. The van der Waals surface area contributed by atoms with Crippen LogP contribution >= 0.6 is 0 Å². The molecule has 0 unspecified atom stereocenters. The summed E-state index contributed by atoms with van der Waals surface area (Å²) in [6, 6.07) is 3.37. The third-order valence-corrected chi connectivity index (χ3v) is 3.35. The minimum atomic E-state index is -0.877. The summed E-state index contributed by atoms with van der Waals surface area (Å²) in [7, 11) is 0. The predicted octanol–water partition coefficient (Wildman–Crippen LogP) is 2.89. The van der Waals surface area contributed by atoms with Gasteiger partial charge in [-0.25, -0.2) is 9.78 Å². The zero-order valence-electron chi connectivity index (χ0n) is 11.0. The first-order valence-electron chi connectivity index (χ1n) is 6.58. The van der Waals surface area contributed by atoms with Crippen LogP contribution < -0.4 is 4.90 Å². The van der Waals surface area contributed by atoms with Crippen LogP contribution in [-0.4, -0.2) is 29.1 Å². The molecule has 4 heteroatoms. The second-order valence-electron chi connectivity index (χ2n) is 5.15. The lowest BCUT2D eigenvalue weighted by Crippen LogP contribution is -2.30.